The molecule has 0 spiro atoms. The Hall–Kier alpha value is -0.370. The molecule has 2 rings (SSSR count). The predicted octanol–water partition coefficient (Wildman–Crippen LogP) is 3.50. The molecule has 0 radical (unpaired) electrons. The second kappa shape index (κ2) is 6.18. The van der Waals surface area contributed by atoms with E-state index in [4.69, 9.17) is 0 Å². The van der Waals surface area contributed by atoms with Gasteiger partial charge in [-0.15, -0.1) is 0 Å². The Morgan fingerprint density at radius 2 is 2.00 bits per heavy atom. The van der Waals surface area contributed by atoms with Crippen molar-refractivity contribution in [2.24, 2.45) is 17.8 Å². The van der Waals surface area contributed by atoms with Crippen LogP contribution in [0.2, 0.25) is 0 Å². The Morgan fingerprint density at radius 1 is 1.22 bits per heavy atom. The maximum absolute atomic E-state index is 11.7. The molecule has 0 bridgehead atoms. The molecular weight excluding hydrogens is 222 g/mol. The fraction of sp³-hybridized carbons (Fsp3) is 0.938. The molecule has 0 aromatic rings. The summed E-state index contributed by atoms with van der Waals surface area (Å²) in [5.41, 5.74) is 0. The lowest BCUT2D eigenvalue weighted by Gasteiger charge is -2.38. The van der Waals surface area contributed by atoms with Gasteiger partial charge in [-0.25, -0.2) is 0 Å². The van der Waals surface area contributed by atoms with E-state index in [1.165, 1.54) is 38.6 Å². The zero-order valence-corrected chi connectivity index (χ0v) is 12.3. The van der Waals surface area contributed by atoms with Crippen molar-refractivity contribution in [2.45, 2.75) is 65.3 Å². The van der Waals surface area contributed by atoms with Gasteiger partial charge in [-0.1, -0.05) is 33.1 Å². The molecule has 0 aromatic heterocycles. The smallest absolute Gasteiger partial charge is 0.138 e. The van der Waals surface area contributed by atoms with Gasteiger partial charge in [0.1, 0.15) is 5.78 Å². The van der Waals surface area contributed by atoms with Crippen LogP contribution in [0.5, 0.6) is 0 Å². The molecule has 1 heterocycles. The number of rotatable bonds is 3. The third kappa shape index (κ3) is 3.34. The molecule has 1 saturated carbocycles. The minimum Gasteiger partial charge on any atom is -0.300 e. The molecule has 1 saturated heterocycles. The fourth-order valence-electron chi connectivity index (χ4n) is 3.76. The molecular formula is C16H29NO. The van der Waals surface area contributed by atoms with Crippen LogP contribution in [-0.4, -0.2) is 29.8 Å². The topological polar surface area (TPSA) is 20.3 Å². The molecule has 4 unspecified atom stereocenters. The lowest BCUT2D eigenvalue weighted by Crippen LogP contribution is -2.47. The Labute approximate surface area is 112 Å². The van der Waals surface area contributed by atoms with Gasteiger partial charge in [-0.2, -0.15) is 0 Å². The molecule has 4 atom stereocenters. The highest BCUT2D eigenvalue weighted by atomic mass is 16.1. The average molecular weight is 251 g/mol. The van der Waals surface area contributed by atoms with Gasteiger partial charge in [-0.3, -0.25) is 9.69 Å². The molecule has 1 aliphatic carbocycles. The van der Waals surface area contributed by atoms with Crippen molar-refractivity contribution in [3.8, 4) is 0 Å². The summed E-state index contributed by atoms with van der Waals surface area (Å²) >= 11 is 0. The molecule has 0 amide bonds. The molecule has 104 valence electrons. The quantitative estimate of drug-likeness (QED) is 0.765. The van der Waals surface area contributed by atoms with Crippen molar-refractivity contribution in [3.63, 3.8) is 0 Å². The summed E-state index contributed by atoms with van der Waals surface area (Å²) in [5.74, 6) is 2.57. The molecule has 18 heavy (non-hydrogen) atoms. The zero-order chi connectivity index (χ0) is 13.1. The standard InChI is InChI=1S/C16H29NO/c1-12-5-4-6-15(11-12)7-9-17-10-8-16(18)13(2)14(17)3/h12-15H,4-11H2,1-3H3. The summed E-state index contributed by atoms with van der Waals surface area (Å²) in [7, 11) is 0. The molecule has 0 N–H and O–H groups in total. The first-order valence-corrected chi connectivity index (χ1v) is 7.84. The van der Waals surface area contributed by atoms with Crippen molar-refractivity contribution in [2.75, 3.05) is 13.1 Å². The van der Waals surface area contributed by atoms with Crippen LogP contribution < -0.4 is 0 Å². The van der Waals surface area contributed by atoms with Crippen molar-refractivity contribution >= 4 is 5.78 Å². The number of hydrogen-bond acceptors (Lipinski definition) is 2. The minimum absolute atomic E-state index is 0.240. The molecule has 1 aliphatic heterocycles. The van der Waals surface area contributed by atoms with Crippen LogP contribution in [0.3, 0.4) is 0 Å². The molecule has 2 fully saturated rings. The molecule has 0 aromatic carbocycles. The number of Topliss-reactive ketones (excluding diaryl/α,β-unsaturated/α-hetero) is 1. The predicted molar refractivity (Wildman–Crippen MR) is 75.6 cm³/mol. The van der Waals surface area contributed by atoms with E-state index in [0.717, 1.165) is 24.8 Å². The van der Waals surface area contributed by atoms with Gasteiger partial charge in [0, 0.05) is 24.9 Å². The van der Waals surface area contributed by atoms with E-state index < -0.39 is 0 Å². The SMILES string of the molecule is CC1CCCC(CCN2CCC(=O)C(C)C2C)C1. The van der Waals surface area contributed by atoms with E-state index in [1.54, 1.807) is 0 Å². The van der Waals surface area contributed by atoms with E-state index in [-0.39, 0.29) is 5.92 Å². The second-order valence-electron chi connectivity index (χ2n) is 6.71. The highest BCUT2D eigenvalue weighted by Gasteiger charge is 2.31. The van der Waals surface area contributed by atoms with E-state index >= 15 is 0 Å². The van der Waals surface area contributed by atoms with Gasteiger partial charge in [0.2, 0.25) is 0 Å². The third-order valence-electron chi connectivity index (χ3n) is 5.32. The average Bonchev–Trinajstić information content (AvgIpc) is 2.35. The second-order valence-corrected chi connectivity index (χ2v) is 6.71. The largest absolute Gasteiger partial charge is 0.300 e. The Kier molecular flexibility index (Phi) is 4.83. The first-order chi connectivity index (χ1) is 8.58. The molecule has 2 nitrogen and oxygen atoms in total. The van der Waals surface area contributed by atoms with Crippen molar-refractivity contribution in [3.05, 3.63) is 0 Å². The van der Waals surface area contributed by atoms with Crippen LogP contribution in [0.1, 0.15) is 59.3 Å². The van der Waals surface area contributed by atoms with Gasteiger partial charge in [0.05, 0.1) is 0 Å². The maximum atomic E-state index is 11.7. The first-order valence-electron chi connectivity index (χ1n) is 7.84. The summed E-state index contributed by atoms with van der Waals surface area (Å²) < 4.78 is 0. The highest BCUT2D eigenvalue weighted by Crippen LogP contribution is 2.31. The van der Waals surface area contributed by atoms with Crippen LogP contribution in [0, 0.1) is 17.8 Å². The number of carbonyl (C=O) groups is 1. The molecule has 2 heteroatoms. The lowest BCUT2D eigenvalue weighted by molar-refractivity contribution is -0.127. The van der Waals surface area contributed by atoms with Gasteiger partial charge in [0.15, 0.2) is 0 Å². The monoisotopic (exact) mass is 251 g/mol. The third-order valence-corrected chi connectivity index (χ3v) is 5.32. The number of piperidine rings is 1. The van der Waals surface area contributed by atoms with Crippen LogP contribution in [0.25, 0.3) is 0 Å². The summed E-state index contributed by atoms with van der Waals surface area (Å²) in [6.45, 7) is 8.92. The van der Waals surface area contributed by atoms with E-state index in [1.807, 2.05) is 0 Å². The Bertz CT molecular complexity index is 289. The first kappa shape index (κ1) is 14.0. The summed E-state index contributed by atoms with van der Waals surface area (Å²) in [6, 6.07) is 0.451. The summed E-state index contributed by atoms with van der Waals surface area (Å²) in [5, 5.41) is 0. The zero-order valence-electron chi connectivity index (χ0n) is 12.3. The van der Waals surface area contributed by atoms with Crippen LogP contribution in [0.4, 0.5) is 0 Å². The van der Waals surface area contributed by atoms with E-state index in [0.29, 0.717) is 11.8 Å². The van der Waals surface area contributed by atoms with Crippen molar-refractivity contribution in [1.29, 1.82) is 0 Å². The number of carbonyl (C=O) groups excluding carboxylic acids is 1. The van der Waals surface area contributed by atoms with E-state index in [2.05, 4.69) is 25.7 Å². The maximum Gasteiger partial charge on any atom is 0.138 e. The van der Waals surface area contributed by atoms with Crippen LogP contribution >= 0.6 is 0 Å². The van der Waals surface area contributed by atoms with Crippen LogP contribution in [-0.2, 0) is 4.79 Å². The normalized spacial score (nSPS) is 38.9. The molecule has 2 aliphatic rings. The number of nitrogens with zero attached hydrogens (tertiary/aromatic N) is 1. The van der Waals surface area contributed by atoms with Gasteiger partial charge in [0.25, 0.3) is 0 Å². The van der Waals surface area contributed by atoms with Crippen LogP contribution in [0.15, 0.2) is 0 Å². The van der Waals surface area contributed by atoms with Gasteiger partial charge in [-0.05, 0) is 38.1 Å². The minimum atomic E-state index is 0.240. The van der Waals surface area contributed by atoms with Crippen molar-refractivity contribution in [1.82, 2.24) is 4.90 Å². The summed E-state index contributed by atoms with van der Waals surface area (Å²) in [6.07, 6.45) is 7.83. The van der Waals surface area contributed by atoms with E-state index in [9.17, 15) is 4.79 Å². The highest BCUT2D eigenvalue weighted by molar-refractivity contribution is 5.82. The number of ketones is 1. The van der Waals surface area contributed by atoms with Gasteiger partial charge < -0.3 is 0 Å². The van der Waals surface area contributed by atoms with Gasteiger partial charge >= 0.3 is 0 Å². The Balaban J connectivity index is 1.77. The van der Waals surface area contributed by atoms with Crippen molar-refractivity contribution < 1.29 is 4.79 Å². The Morgan fingerprint density at radius 3 is 2.72 bits per heavy atom. The summed E-state index contributed by atoms with van der Waals surface area (Å²) in [4.78, 5) is 14.2. The lowest BCUT2D eigenvalue weighted by atomic mass is 9.80. The number of likely N-dealkylation sites (tertiary alicyclic amines) is 1. The number of hydrogen-bond donors (Lipinski definition) is 0. The fourth-order valence-corrected chi connectivity index (χ4v) is 3.76.